The van der Waals surface area contributed by atoms with Crippen molar-refractivity contribution in [2.45, 2.75) is 39.7 Å². The van der Waals surface area contributed by atoms with Gasteiger partial charge >= 0.3 is 12.0 Å². The summed E-state index contributed by atoms with van der Waals surface area (Å²) in [5, 5.41) is 4.56. The molecule has 0 unspecified atom stereocenters. The van der Waals surface area contributed by atoms with Crippen molar-refractivity contribution in [3.63, 3.8) is 0 Å². The molecule has 0 aromatic heterocycles. The second kappa shape index (κ2) is 11.7. The number of carbonyl (C=O) groups is 3. The fourth-order valence-corrected chi connectivity index (χ4v) is 1.92. The molecule has 0 heterocycles. The molecular weight excluding hydrogens is 340 g/mol. The molecule has 0 aliphatic heterocycles. The molecular formula is C18H26N2O6. The molecule has 0 radical (unpaired) electrons. The topological polar surface area (TPSA) is 103 Å². The first-order chi connectivity index (χ1) is 12.4. The van der Waals surface area contributed by atoms with E-state index in [0.717, 1.165) is 0 Å². The van der Waals surface area contributed by atoms with Crippen molar-refractivity contribution in [3.05, 3.63) is 24.3 Å². The summed E-state index contributed by atoms with van der Waals surface area (Å²) in [4.78, 5) is 34.4. The van der Waals surface area contributed by atoms with Crippen molar-refractivity contribution in [2.75, 3.05) is 19.8 Å². The first-order valence-electron chi connectivity index (χ1n) is 8.53. The number of rotatable bonds is 10. The number of benzene rings is 1. The average Bonchev–Trinajstić information content (AvgIpc) is 2.57. The molecule has 1 aromatic rings. The highest BCUT2D eigenvalue weighted by atomic mass is 16.5. The van der Waals surface area contributed by atoms with Gasteiger partial charge in [-0.3, -0.25) is 14.9 Å². The van der Waals surface area contributed by atoms with Gasteiger partial charge in [0.1, 0.15) is 0 Å². The maximum Gasteiger partial charge on any atom is 0.321 e. The number of amides is 3. The van der Waals surface area contributed by atoms with Crippen molar-refractivity contribution in [1.82, 2.24) is 10.6 Å². The smallest absolute Gasteiger partial charge is 0.321 e. The number of ether oxygens (including phenoxy) is 3. The first-order valence-corrected chi connectivity index (χ1v) is 8.53. The summed E-state index contributed by atoms with van der Waals surface area (Å²) in [6.07, 6.45) is 0.525. The van der Waals surface area contributed by atoms with Crippen molar-refractivity contribution in [1.29, 1.82) is 0 Å². The molecule has 0 fully saturated rings. The monoisotopic (exact) mass is 366 g/mol. The minimum absolute atomic E-state index is 0.0989. The molecule has 8 nitrogen and oxygen atoms in total. The van der Waals surface area contributed by atoms with E-state index >= 15 is 0 Å². The molecule has 1 rings (SSSR count). The van der Waals surface area contributed by atoms with Gasteiger partial charge in [0.15, 0.2) is 18.1 Å². The van der Waals surface area contributed by atoms with Crippen molar-refractivity contribution < 1.29 is 28.6 Å². The maximum atomic E-state index is 11.6. The molecule has 0 aliphatic carbocycles. The third-order valence-electron chi connectivity index (χ3n) is 2.97. The normalized spacial score (nSPS) is 10.2. The summed E-state index contributed by atoms with van der Waals surface area (Å²) < 4.78 is 15.8. The Bertz CT molecular complexity index is 603. The van der Waals surface area contributed by atoms with Crippen LogP contribution in [0.1, 0.15) is 33.6 Å². The maximum absolute atomic E-state index is 11.6. The summed E-state index contributed by atoms with van der Waals surface area (Å²) in [6.45, 7) is 5.75. The SMILES string of the molecule is CCOc1ccccc1OCCCC(=O)OCC(=O)NC(=O)NC(C)C. The van der Waals surface area contributed by atoms with Gasteiger partial charge < -0.3 is 19.5 Å². The molecule has 2 N–H and O–H groups in total. The van der Waals surface area contributed by atoms with Crippen LogP contribution in [0, 0.1) is 0 Å². The van der Waals surface area contributed by atoms with Gasteiger partial charge in [0.25, 0.3) is 5.91 Å². The minimum atomic E-state index is -0.682. The molecule has 3 amide bonds. The Balaban J connectivity index is 2.21. The number of hydrogen-bond donors (Lipinski definition) is 2. The highest BCUT2D eigenvalue weighted by Crippen LogP contribution is 2.26. The van der Waals surface area contributed by atoms with Crippen molar-refractivity contribution in [2.24, 2.45) is 0 Å². The van der Waals surface area contributed by atoms with Crippen LogP contribution in [0.4, 0.5) is 4.79 Å². The predicted molar refractivity (Wildman–Crippen MR) is 95.1 cm³/mol. The van der Waals surface area contributed by atoms with E-state index in [1.807, 2.05) is 19.1 Å². The lowest BCUT2D eigenvalue weighted by atomic mass is 10.3. The van der Waals surface area contributed by atoms with E-state index in [9.17, 15) is 14.4 Å². The highest BCUT2D eigenvalue weighted by molar-refractivity contribution is 5.95. The molecule has 0 saturated heterocycles. The summed E-state index contributed by atoms with van der Waals surface area (Å²) in [7, 11) is 0. The summed E-state index contributed by atoms with van der Waals surface area (Å²) in [6, 6.07) is 6.56. The zero-order valence-corrected chi connectivity index (χ0v) is 15.4. The number of imide groups is 1. The van der Waals surface area contributed by atoms with Crippen LogP contribution >= 0.6 is 0 Å². The lowest BCUT2D eigenvalue weighted by Crippen LogP contribution is -2.44. The molecule has 0 bridgehead atoms. The number of urea groups is 1. The zero-order chi connectivity index (χ0) is 19.4. The van der Waals surface area contributed by atoms with Crippen LogP contribution in [0.5, 0.6) is 11.5 Å². The fraction of sp³-hybridized carbons (Fsp3) is 0.500. The number of hydrogen-bond acceptors (Lipinski definition) is 6. The molecule has 0 atom stereocenters. The van der Waals surface area contributed by atoms with Gasteiger partial charge in [-0.25, -0.2) is 4.79 Å². The van der Waals surface area contributed by atoms with Gasteiger partial charge in [-0.2, -0.15) is 0 Å². The van der Waals surface area contributed by atoms with Crippen LogP contribution in [0.2, 0.25) is 0 Å². The quantitative estimate of drug-likeness (QED) is 0.485. The van der Waals surface area contributed by atoms with Crippen molar-refractivity contribution in [3.8, 4) is 11.5 Å². The summed E-state index contributed by atoms with van der Waals surface area (Å²) in [5.74, 6) is 0.0386. The predicted octanol–water partition coefficient (Wildman–Crippen LogP) is 2.02. The van der Waals surface area contributed by atoms with E-state index in [4.69, 9.17) is 14.2 Å². The Morgan fingerprint density at radius 2 is 1.73 bits per heavy atom. The number of nitrogens with one attached hydrogen (secondary N) is 2. The van der Waals surface area contributed by atoms with Gasteiger partial charge in [-0.1, -0.05) is 12.1 Å². The van der Waals surface area contributed by atoms with E-state index in [0.29, 0.717) is 31.1 Å². The van der Waals surface area contributed by atoms with Crippen LogP contribution < -0.4 is 20.1 Å². The minimum Gasteiger partial charge on any atom is -0.490 e. The van der Waals surface area contributed by atoms with Gasteiger partial charge in [-0.05, 0) is 39.3 Å². The van der Waals surface area contributed by atoms with Gasteiger partial charge in [0, 0.05) is 12.5 Å². The van der Waals surface area contributed by atoms with E-state index < -0.39 is 24.5 Å². The Kier molecular flexibility index (Phi) is 9.59. The van der Waals surface area contributed by atoms with E-state index in [2.05, 4.69) is 10.6 Å². The lowest BCUT2D eigenvalue weighted by Gasteiger charge is -2.11. The Morgan fingerprint density at radius 1 is 1.08 bits per heavy atom. The van der Waals surface area contributed by atoms with E-state index in [1.54, 1.807) is 26.0 Å². The largest absolute Gasteiger partial charge is 0.490 e. The molecule has 144 valence electrons. The Hall–Kier alpha value is -2.77. The average molecular weight is 366 g/mol. The lowest BCUT2D eigenvalue weighted by molar-refractivity contribution is -0.148. The van der Waals surface area contributed by atoms with Crippen LogP contribution in [-0.2, 0) is 14.3 Å². The van der Waals surface area contributed by atoms with Crippen LogP contribution in [0.15, 0.2) is 24.3 Å². The second-order valence-electron chi connectivity index (χ2n) is 5.67. The summed E-state index contributed by atoms with van der Waals surface area (Å²) in [5.41, 5.74) is 0. The number of carbonyl (C=O) groups excluding carboxylic acids is 3. The van der Waals surface area contributed by atoms with Crippen molar-refractivity contribution >= 4 is 17.9 Å². The summed E-state index contributed by atoms with van der Waals surface area (Å²) >= 11 is 0. The molecule has 8 heteroatoms. The first kappa shape index (κ1) is 21.3. The van der Waals surface area contributed by atoms with Gasteiger partial charge in [0.2, 0.25) is 0 Å². The molecule has 1 aromatic carbocycles. The third-order valence-corrected chi connectivity index (χ3v) is 2.97. The number of para-hydroxylation sites is 2. The second-order valence-corrected chi connectivity index (χ2v) is 5.67. The molecule has 0 aliphatic rings. The Morgan fingerprint density at radius 3 is 2.35 bits per heavy atom. The van der Waals surface area contributed by atoms with Gasteiger partial charge in [0.05, 0.1) is 13.2 Å². The molecule has 0 saturated carbocycles. The van der Waals surface area contributed by atoms with Crippen LogP contribution in [0.25, 0.3) is 0 Å². The zero-order valence-electron chi connectivity index (χ0n) is 15.4. The highest BCUT2D eigenvalue weighted by Gasteiger charge is 2.11. The standard InChI is InChI=1S/C18H26N2O6/c1-4-24-14-8-5-6-9-15(14)25-11-7-10-17(22)26-12-16(21)20-18(23)19-13(2)3/h5-6,8-9,13H,4,7,10-12H2,1-3H3,(H2,19,20,21,23). The Labute approximate surface area is 153 Å². The molecule has 26 heavy (non-hydrogen) atoms. The number of esters is 1. The molecule has 0 spiro atoms. The van der Waals surface area contributed by atoms with E-state index in [-0.39, 0.29) is 12.5 Å². The fourth-order valence-electron chi connectivity index (χ4n) is 1.92. The van der Waals surface area contributed by atoms with E-state index in [1.165, 1.54) is 0 Å². The van der Waals surface area contributed by atoms with Crippen LogP contribution in [0.3, 0.4) is 0 Å². The third kappa shape index (κ3) is 8.91. The van der Waals surface area contributed by atoms with Crippen LogP contribution in [-0.4, -0.2) is 43.8 Å². The van der Waals surface area contributed by atoms with Gasteiger partial charge in [-0.15, -0.1) is 0 Å².